The SMILES string of the molecule is O=C(O)CCCCCCCCCCCCc1cccc2c1Cc1ccccc1-2. The van der Waals surface area contributed by atoms with E-state index in [0.717, 1.165) is 19.3 Å². The lowest BCUT2D eigenvalue weighted by Gasteiger charge is -2.08. The monoisotopic (exact) mass is 378 g/mol. The zero-order valence-electron chi connectivity index (χ0n) is 17.1. The first-order valence-electron chi connectivity index (χ1n) is 11.2. The van der Waals surface area contributed by atoms with Crippen molar-refractivity contribution in [2.24, 2.45) is 0 Å². The first kappa shape index (κ1) is 20.6. The third kappa shape index (κ3) is 5.95. The molecule has 0 bridgehead atoms. The molecule has 0 fully saturated rings. The number of aryl methyl sites for hydroxylation is 1. The molecule has 0 spiro atoms. The van der Waals surface area contributed by atoms with E-state index in [2.05, 4.69) is 42.5 Å². The number of carboxylic acid groups (broad SMARTS) is 1. The second-order valence-electron chi connectivity index (χ2n) is 8.21. The fraction of sp³-hybridized carbons (Fsp3) is 0.500. The maximum atomic E-state index is 10.5. The van der Waals surface area contributed by atoms with Gasteiger partial charge in [0.1, 0.15) is 0 Å². The Hall–Kier alpha value is -2.09. The zero-order valence-corrected chi connectivity index (χ0v) is 17.1. The quantitative estimate of drug-likeness (QED) is 0.320. The molecule has 0 saturated carbocycles. The summed E-state index contributed by atoms with van der Waals surface area (Å²) in [5, 5.41) is 8.62. The van der Waals surface area contributed by atoms with Crippen LogP contribution in [-0.4, -0.2) is 11.1 Å². The van der Waals surface area contributed by atoms with E-state index in [-0.39, 0.29) is 0 Å². The molecule has 1 aliphatic carbocycles. The summed E-state index contributed by atoms with van der Waals surface area (Å²) in [5.74, 6) is -0.662. The normalized spacial score (nSPS) is 12.0. The van der Waals surface area contributed by atoms with Crippen molar-refractivity contribution in [2.45, 2.75) is 83.5 Å². The second kappa shape index (κ2) is 11.0. The van der Waals surface area contributed by atoms with Crippen LogP contribution >= 0.6 is 0 Å². The maximum Gasteiger partial charge on any atom is 0.303 e. The molecule has 2 nitrogen and oxygen atoms in total. The second-order valence-corrected chi connectivity index (χ2v) is 8.21. The van der Waals surface area contributed by atoms with Gasteiger partial charge in [-0.05, 0) is 53.5 Å². The van der Waals surface area contributed by atoms with Gasteiger partial charge >= 0.3 is 5.97 Å². The number of unbranched alkanes of at least 4 members (excludes halogenated alkanes) is 9. The number of aliphatic carboxylic acids is 1. The minimum Gasteiger partial charge on any atom is -0.481 e. The van der Waals surface area contributed by atoms with Gasteiger partial charge in [-0.15, -0.1) is 0 Å². The van der Waals surface area contributed by atoms with E-state index in [1.54, 1.807) is 11.1 Å². The van der Waals surface area contributed by atoms with E-state index >= 15 is 0 Å². The van der Waals surface area contributed by atoms with Gasteiger partial charge in [-0.25, -0.2) is 0 Å². The van der Waals surface area contributed by atoms with E-state index in [0.29, 0.717) is 6.42 Å². The molecule has 0 atom stereocenters. The largest absolute Gasteiger partial charge is 0.481 e. The summed E-state index contributed by atoms with van der Waals surface area (Å²) in [7, 11) is 0. The van der Waals surface area contributed by atoms with Crippen molar-refractivity contribution < 1.29 is 9.90 Å². The lowest BCUT2D eigenvalue weighted by molar-refractivity contribution is -0.137. The molecule has 0 amide bonds. The molecular weight excluding hydrogens is 344 g/mol. The Balaban J connectivity index is 1.27. The van der Waals surface area contributed by atoms with E-state index in [4.69, 9.17) is 5.11 Å². The van der Waals surface area contributed by atoms with E-state index in [1.165, 1.54) is 74.5 Å². The van der Waals surface area contributed by atoms with Crippen LogP contribution in [0.5, 0.6) is 0 Å². The molecule has 0 saturated heterocycles. The lowest BCUT2D eigenvalue weighted by atomic mass is 9.96. The molecule has 0 heterocycles. The summed E-state index contributed by atoms with van der Waals surface area (Å²) in [5.41, 5.74) is 7.48. The van der Waals surface area contributed by atoms with Crippen molar-refractivity contribution in [3.63, 3.8) is 0 Å². The minimum absolute atomic E-state index is 0.330. The Morgan fingerprint density at radius 3 is 2.04 bits per heavy atom. The van der Waals surface area contributed by atoms with Crippen LogP contribution in [-0.2, 0) is 17.6 Å². The first-order chi connectivity index (χ1) is 13.8. The number of carbonyl (C=O) groups is 1. The Bertz CT molecular complexity index is 763. The van der Waals surface area contributed by atoms with E-state index in [9.17, 15) is 4.79 Å². The van der Waals surface area contributed by atoms with Crippen LogP contribution < -0.4 is 0 Å². The zero-order chi connectivity index (χ0) is 19.6. The predicted molar refractivity (Wildman–Crippen MR) is 117 cm³/mol. The van der Waals surface area contributed by atoms with Gasteiger partial charge in [0, 0.05) is 6.42 Å². The highest BCUT2D eigenvalue weighted by Crippen LogP contribution is 2.38. The van der Waals surface area contributed by atoms with Crippen molar-refractivity contribution in [1.29, 1.82) is 0 Å². The van der Waals surface area contributed by atoms with Crippen LogP contribution in [0.25, 0.3) is 11.1 Å². The smallest absolute Gasteiger partial charge is 0.303 e. The molecule has 0 unspecified atom stereocenters. The molecule has 28 heavy (non-hydrogen) atoms. The average molecular weight is 379 g/mol. The van der Waals surface area contributed by atoms with Crippen LogP contribution in [0, 0.1) is 0 Å². The molecular formula is C26H34O2. The van der Waals surface area contributed by atoms with Crippen LogP contribution in [0.3, 0.4) is 0 Å². The third-order valence-electron chi connectivity index (χ3n) is 6.03. The maximum absolute atomic E-state index is 10.5. The number of carboxylic acids is 1. The number of hydrogen-bond acceptors (Lipinski definition) is 1. The number of benzene rings is 2. The van der Waals surface area contributed by atoms with Crippen molar-refractivity contribution in [3.05, 3.63) is 59.2 Å². The molecule has 150 valence electrons. The Labute approximate surface area is 170 Å². The highest BCUT2D eigenvalue weighted by Gasteiger charge is 2.19. The Morgan fingerprint density at radius 2 is 1.32 bits per heavy atom. The van der Waals surface area contributed by atoms with Crippen molar-refractivity contribution in [1.82, 2.24) is 0 Å². The molecule has 2 aromatic carbocycles. The van der Waals surface area contributed by atoms with Gasteiger partial charge in [0.15, 0.2) is 0 Å². The number of rotatable bonds is 13. The first-order valence-corrected chi connectivity index (χ1v) is 11.2. The molecule has 2 heteroatoms. The summed E-state index contributed by atoms with van der Waals surface area (Å²) in [6, 6.07) is 15.7. The van der Waals surface area contributed by atoms with E-state index in [1.807, 2.05) is 0 Å². The highest BCUT2D eigenvalue weighted by atomic mass is 16.4. The van der Waals surface area contributed by atoms with Crippen LogP contribution in [0.1, 0.15) is 87.3 Å². The standard InChI is InChI=1S/C26H34O2/c27-26(28)19-10-8-6-4-2-1-3-5-7-9-14-21-16-13-18-24-23-17-12-11-15-22(23)20-25(21)24/h11-13,15-18H,1-10,14,19-20H2,(H,27,28). The molecule has 1 aliphatic rings. The molecule has 0 aromatic heterocycles. The average Bonchev–Trinajstić information content (AvgIpc) is 3.08. The van der Waals surface area contributed by atoms with Gasteiger partial charge in [0.2, 0.25) is 0 Å². The van der Waals surface area contributed by atoms with Gasteiger partial charge in [-0.3, -0.25) is 4.79 Å². The minimum atomic E-state index is -0.662. The third-order valence-corrected chi connectivity index (χ3v) is 6.03. The number of hydrogen-bond donors (Lipinski definition) is 1. The highest BCUT2D eigenvalue weighted by molar-refractivity contribution is 5.77. The molecule has 3 rings (SSSR count). The lowest BCUT2D eigenvalue weighted by Crippen LogP contribution is -1.94. The van der Waals surface area contributed by atoms with Gasteiger partial charge in [-0.1, -0.05) is 93.8 Å². The van der Waals surface area contributed by atoms with Gasteiger partial charge < -0.3 is 5.11 Å². The molecule has 2 aromatic rings. The molecule has 1 N–H and O–H groups in total. The Morgan fingerprint density at radius 1 is 0.714 bits per heavy atom. The van der Waals surface area contributed by atoms with Gasteiger partial charge in [0.05, 0.1) is 0 Å². The summed E-state index contributed by atoms with van der Waals surface area (Å²) in [4.78, 5) is 10.5. The summed E-state index contributed by atoms with van der Waals surface area (Å²) >= 11 is 0. The summed E-state index contributed by atoms with van der Waals surface area (Å²) < 4.78 is 0. The van der Waals surface area contributed by atoms with Gasteiger partial charge in [0.25, 0.3) is 0 Å². The topological polar surface area (TPSA) is 37.3 Å². The summed E-state index contributed by atoms with van der Waals surface area (Å²) in [6.45, 7) is 0. The Kier molecular flexibility index (Phi) is 8.14. The molecule has 0 aliphatic heterocycles. The fourth-order valence-electron chi connectivity index (χ4n) is 4.46. The fourth-order valence-corrected chi connectivity index (χ4v) is 4.46. The van der Waals surface area contributed by atoms with E-state index < -0.39 is 5.97 Å². The number of fused-ring (bicyclic) bond motifs is 3. The van der Waals surface area contributed by atoms with Crippen molar-refractivity contribution in [2.75, 3.05) is 0 Å². The van der Waals surface area contributed by atoms with Crippen LogP contribution in [0.2, 0.25) is 0 Å². The molecule has 0 radical (unpaired) electrons. The van der Waals surface area contributed by atoms with Gasteiger partial charge in [-0.2, -0.15) is 0 Å². The van der Waals surface area contributed by atoms with Crippen LogP contribution in [0.4, 0.5) is 0 Å². The summed E-state index contributed by atoms with van der Waals surface area (Å²) in [6.07, 6.45) is 14.9. The predicted octanol–water partition coefficient (Wildman–Crippen LogP) is 7.18. The van der Waals surface area contributed by atoms with Crippen molar-refractivity contribution >= 4 is 5.97 Å². The van der Waals surface area contributed by atoms with Crippen molar-refractivity contribution in [3.8, 4) is 11.1 Å². The van der Waals surface area contributed by atoms with Crippen LogP contribution in [0.15, 0.2) is 42.5 Å².